The molecule has 0 saturated carbocycles. The molecule has 0 bridgehead atoms. The Morgan fingerprint density at radius 3 is 2.68 bits per heavy atom. The molecular weight excluding hydrogens is 278 g/mol. The molecule has 1 heterocycles. The minimum atomic E-state index is -0.162. The molecule has 0 aromatic heterocycles. The molecule has 0 spiro atoms. The van der Waals surface area contributed by atoms with E-state index in [1.54, 1.807) is 18.2 Å². The van der Waals surface area contributed by atoms with Crippen LogP contribution in [-0.2, 0) is 4.79 Å². The molecule has 3 N–H and O–H groups in total. The largest absolute Gasteiger partial charge is 0.350 e. The molecule has 0 unspecified atom stereocenters. The van der Waals surface area contributed by atoms with Crippen LogP contribution < -0.4 is 16.0 Å². The van der Waals surface area contributed by atoms with E-state index in [-0.39, 0.29) is 23.8 Å². The van der Waals surface area contributed by atoms with Crippen molar-refractivity contribution in [1.29, 1.82) is 0 Å². The number of rotatable bonds is 4. The van der Waals surface area contributed by atoms with Crippen LogP contribution in [0, 0.1) is 5.92 Å². The number of benzene rings is 1. The summed E-state index contributed by atoms with van der Waals surface area (Å²) in [6.45, 7) is 6.77. The first kappa shape index (κ1) is 16.5. The summed E-state index contributed by atoms with van der Waals surface area (Å²) in [5.74, 6) is -0.166. The highest BCUT2D eigenvalue weighted by Gasteiger charge is 2.25. The molecule has 1 aliphatic heterocycles. The summed E-state index contributed by atoms with van der Waals surface area (Å²) in [7, 11) is 0. The zero-order valence-electron chi connectivity index (χ0n) is 13.5. The molecule has 2 atom stereocenters. The Bertz CT molecular complexity index is 542. The number of anilines is 1. The lowest BCUT2D eigenvalue weighted by molar-refractivity contribution is -0.120. The fourth-order valence-electron chi connectivity index (χ4n) is 2.73. The number of hydrogen-bond acceptors (Lipinski definition) is 3. The summed E-state index contributed by atoms with van der Waals surface area (Å²) < 4.78 is 0. The molecule has 0 radical (unpaired) electrons. The molecule has 1 saturated heterocycles. The quantitative estimate of drug-likeness (QED) is 0.798. The van der Waals surface area contributed by atoms with Gasteiger partial charge in [0.05, 0.1) is 11.3 Å². The molecule has 1 aromatic rings. The summed E-state index contributed by atoms with van der Waals surface area (Å²) >= 11 is 0. The monoisotopic (exact) mass is 303 g/mol. The molecule has 1 fully saturated rings. The van der Waals surface area contributed by atoms with Crippen LogP contribution in [0.5, 0.6) is 0 Å². The topological polar surface area (TPSA) is 70.2 Å². The number of carbonyl (C=O) groups excluding carboxylic acids is 2. The maximum atomic E-state index is 12.4. The first-order valence-electron chi connectivity index (χ1n) is 7.91. The Kier molecular flexibility index (Phi) is 5.55. The van der Waals surface area contributed by atoms with Crippen molar-refractivity contribution in [3.63, 3.8) is 0 Å². The maximum absolute atomic E-state index is 12.4. The third kappa shape index (κ3) is 4.31. The Morgan fingerprint density at radius 1 is 1.27 bits per heavy atom. The minimum Gasteiger partial charge on any atom is -0.350 e. The standard InChI is InChI=1S/C17H25N3O2/c1-11(2)19-17(22)14-6-4-5-7-15(14)20-16(21)13-8-9-18-12(3)10-13/h4-7,11-13,18H,8-10H2,1-3H3,(H,19,22)(H,20,21)/t12-,13-/m0/s1. The summed E-state index contributed by atoms with van der Waals surface area (Å²) in [6.07, 6.45) is 1.66. The van der Waals surface area contributed by atoms with Gasteiger partial charge >= 0.3 is 0 Å². The maximum Gasteiger partial charge on any atom is 0.253 e. The van der Waals surface area contributed by atoms with E-state index in [1.165, 1.54) is 0 Å². The van der Waals surface area contributed by atoms with Crippen molar-refractivity contribution in [2.24, 2.45) is 5.92 Å². The molecule has 120 valence electrons. The fourth-order valence-corrected chi connectivity index (χ4v) is 2.73. The van der Waals surface area contributed by atoms with Crippen LogP contribution >= 0.6 is 0 Å². The Balaban J connectivity index is 2.09. The van der Waals surface area contributed by atoms with Gasteiger partial charge < -0.3 is 16.0 Å². The molecular formula is C17H25N3O2. The number of para-hydroxylation sites is 1. The molecule has 2 rings (SSSR count). The predicted octanol–water partition coefficient (Wildman–Crippen LogP) is 2.15. The van der Waals surface area contributed by atoms with Gasteiger partial charge in [-0.1, -0.05) is 12.1 Å². The first-order chi connectivity index (χ1) is 10.5. The Morgan fingerprint density at radius 2 is 2.00 bits per heavy atom. The fraction of sp³-hybridized carbons (Fsp3) is 0.529. The second-order valence-corrected chi connectivity index (χ2v) is 6.24. The summed E-state index contributed by atoms with van der Waals surface area (Å²) in [4.78, 5) is 24.7. The third-order valence-electron chi connectivity index (χ3n) is 3.84. The van der Waals surface area contributed by atoms with Crippen LogP contribution in [0.2, 0.25) is 0 Å². The first-order valence-corrected chi connectivity index (χ1v) is 7.91. The molecule has 22 heavy (non-hydrogen) atoms. The van der Waals surface area contributed by atoms with Gasteiger partial charge in [0, 0.05) is 18.0 Å². The van der Waals surface area contributed by atoms with Crippen LogP contribution in [-0.4, -0.2) is 30.4 Å². The van der Waals surface area contributed by atoms with Gasteiger partial charge in [-0.25, -0.2) is 0 Å². The van der Waals surface area contributed by atoms with Gasteiger partial charge in [0.25, 0.3) is 5.91 Å². The van der Waals surface area contributed by atoms with Crippen molar-refractivity contribution in [2.75, 3.05) is 11.9 Å². The van der Waals surface area contributed by atoms with Gasteiger partial charge in [0.15, 0.2) is 0 Å². The number of nitrogens with one attached hydrogen (secondary N) is 3. The van der Waals surface area contributed by atoms with Gasteiger partial charge in [0.2, 0.25) is 5.91 Å². The van der Waals surface area contributed by atoms with Crippen LogP contribution in [0.25, 0.3) is 0 Å². The van der Waals surface area contributed by atoms with Crippen molar-refractivity contribution in [3.8, 4) is 0 Å². The van der Waals surface area contributed by atoms with E-state index in [4.69, 9.17) is 0 Å². The SMILES string of the molecule is CC(C)NC(=O)c1ccccc1NC(=O)[C@H]1CCN[C@@H](C)C1. The van der Waals surface area contributed by atoms with Crippen molar-refractivity contribution in [2.45, 2.75) is 45.7 Å². The molecule has 0 aliphatic carbocycles. The van der Waals surface area contributed by atoms with Crippen LogP contribution in [0.1, 0.15) is 44.0 Å². The van der Waals surface area contributed by atoms with Crippen LogP contribution in [0.4, 0.5) is 5.69 Å². The average molecular weight is 303 g/mol. The van der Waals surface area contributed by atoms with Crippen molar-refractivity contribution < 1.29 is 9.59 Å². The summed E-state index contributed by atoms with van der Waals surface area (Å²) in [6, 6.07) is 7.55. The van der Waals surface area contributed by atoms with Gasteiger partial charge in [-0.3, -0.25) is 9.59 Å². The summed E-state index contributed by atoms with van der Waals surface area (Å²) in [5.41, 5.74) is 1.09. The molecule has 1 aliphatic rings. The highest BCUT2D eigenvalue weighted by Crippen LogP contribution is 2.21. The smallest absolute Gasteiger partial charge is 0.253 e. The van der Waals surface area contributed by atoms with Crippen LogP contribution in [0.15, 0.2) is 24.3 Å². The number of amides is 2. The van der Waals surface area contributed by atoms with Gasteiger partial charge in [-0.05, 0) is 52.3 Å². The van der Waals surface area contributed by atoms with E-state index in [2.05, 4.69) is 22.9 Å². The number of piperidine rings is 1. The third-order valence-corrected chi connectivity index (χ3v) is 3.84. The van der Waals surface area contributed by atoms with E-state index in [0.29, 0.717) is 17.3 Å². The highest BCUT2D eigenvalue weighted by atomic mass is 16.2. The van der Waals surface area contributed by atoms with Crippen molar-refractivity contribution >= 4 is 17.5 Å². The lowest BCUT2D eigenvalue weighted by Crippen LogP contribution is -2.40. The van der Waals surface area contributed by atoms with E-state index in [1.807, 2.05) is 19.9 Å². The normalized spacial score (nSPS) is 21.5. The minimum absolute atomic E-state index is 0.00172. The Hall–Kier alpha value is -1.88. The highest BCUT2D eigenvalue weighted by molar-refractivity contribution is 6.04. The van der Waals surface area contributed by atoms with Crippen molar-refractivity contribution in [1.82, 2.24) is 10.6 Å². The lowest BCUT2D eigenvalue weighted by atomic mass is 9.92. The average Bonchev–Trinajstić information content (AvgIpc) is 2.47. The molecule has 5 nitrogen and oxygen atoms in total. The Labute approximate surface area is 131 Å². The molecule has 2 amide bonds. The van der Waals surface area contributed by atoms with E-state index >= 15 is 0 Å². The number of carbonyl (C=O) groups is 2. The number of hydrogen-bond donors (Lipinski definition) is 3. The van der Waals surface area contributed by atoms with Crippen molar-refractivity contribution in [3.05, 3.63) is 29.8 Å². The zero-order chi connectivity index (χ0) is 16.1. The van der Waals surface area contributed by atoms with Gasteiger partial charge in [-0.15, -0.1) is 0 Å². The predicted molar refractivity (Wildman–Crippen MR) is 87.9 cm³/mol. The molecule has 1 aromatic carbocycles. The van der Waals surface area contributed by atoms with Gasteiger partial charge in [0.1, 0.15) is 0 Å². The molecule has 5 heteroatoms. The summed E-state index contributed by atoms with van der Waals surface area (Å²) in [5, 5.41) is 9.12. The van der Waals surface area contributed by atoms with E-state index in [0.717, 1.165) is 19.4 Å². The zero-order valence-corrected chi connectivity index (χ0v) is 13.5. The second-order valence-electron chi connectivity index (χ2n) is 6.24. The van der Waals surface area contributed by atoms with E-state index < -0.39 is 0 Å². The van der Waals surface area contributed by atoms with E-state index in [9.17, 15) is 9.59 Å². The van der Waals surface area contributed by atoms with Crippen LogP contribution in [0.3, 0.4) is 0 Å². The lowest BCUT2D eigenvalue weighted by Gasteiger charge is -2.27. The second kappa shape index (κ2) is 7.40. The van der Waals surface area contributed by atoms with Gasteiger partial charge in [-0.2, -0.15) is 0 Å².